The number of aliphatic carboxylic acids is 2. The van der Waals surface area contributed by atoms with Crippen LogP contribution < -0.4 is 10.2 Å². The smallest absolute Gasteiger partial charge is 0.328 e. The molecular formula is C18H24N2O4. The SMILES string of the molecule is CN1CCCc2cc3c(cc21)CCNCC3.O=C(O)/C=C/C(=O)O. The van der Waals surface area contributed by atoms with Crippen LogP contribution >= 0.6 is 0 Å². The van der Waals surface area contributed by atoms with Crippen molar-refractivity contribution in [3.05, 3.63) is 41.0 Å². The van der Waals surface area contributed by atoms with Crippen molar-refractivity contribution in [3.63, 3.8) is 0 Å². The molecule has 3 rings (SSSR count). The van der Waals surface area contributed by atoms with Gasteiger partial charge in [0.1, 0.15) is 0 Å². The van der Waals surface area contributed by atoms with Gasteiger partial charge in [-0.15, -0.1) is 0 Å². The molecule has 0 aliphatic carbocycles. The highest BCUT2D eigenvalue weighted by Gasteiger charge is 2.17. The molecule has 0 fully saturated rings. The van der Waals surface area contributed by atoms with Gasteiger partial charge in [-0.1, -0.05) is 6.07 Å². The van der Waals surface area contributed by atoms with E-state index < -0.39 is 11.9 Å². The molecule has 0 bridgehead atoms. The molecule has 2 aliphatic heterocycles. The second-order valence-electron chi connectivity index (χ2n) is 6.03. The van der Waals surface area contributed by atoms with Crippen LogP contribution in [0.5, 0.6) is 0 Å². The van der Waals surface area contributed by atoms with Gasteiger partial charge in [-0.05, 0) is 61.5 Å². The molecule has 0 saturated carbocycles. The molecule has 24 heavy (non-hydrogen) atoms. The fourth-order valence-electron chi connectivity index (χ4n) is 3.09. The molecule has 0 unspecified atom stereocenters. The van der Waals surface area contributed by atoms with Crippen LogP contribution in [0.25, 0.3) is 0 Å². The Labute approximate surface area is 141 Å². The van der Waals surface area contributed by atoms with Crippen LogP contribution in [0.4, 0.5) is 5.69 Å². The van der Waals surface area contributed by atoms with Gasteiger partial charge >= 0.3 is 11.9 Å². The summed E-state index contributed by atoms with van der Waals surface area (Å²) in [6.07, 6.45) is 6.08. The van der Waals surface area contributed by atoms with Crippen molar-refractivity contribution in [2.24, 2.45) is 0 Å². The van der Waals surface area contributed by atoms with Gasteiger partial charge in [0.15, 0.2) is 0 Å². The summed E-state index contributed by atoms with van der Waals surface area (Å²) in [7, 11) is 2.22. The first kappa shape index (κ1) is 18.0. The highest BCUT2D eigenvalue weighted by Crippen LogP contribution is 2.30. The first-order valence-corrected chi connectivity index (χ1v) is 8.18. The maximum Gasteiger partial charge on any atom is 0.328 e. The lowest BCUT2D eigenvalue weighted by molar-refractivity contribution is -0.134. The van der Waals surface area contributed by atoms with Crippen molar-refractivity contribution in [1.82, 2.24) is 5.32 Å². The quantitative estimate of drug-likeness (QED) is 0.711. The van der Waals surface area contributed by atoms with Crippen LogP contribution in [0.2, 0.25) is 0 Å². The molecule has 1 aromatic carbocycles. The third-order valence-corrected chi connectivity index (χ3v) is 4.26. The van der Waals surface area contributed by atoms with Gasteiger partial charge in [-0.25, -0.2) is 9.59 Å². The van der Waals surface area contributed by atoms with Gasteiger partial charge in [0.2, 0.25) is 0 Å². The van der Waals surface area contributed by atoms with Gasteiger partial charge < -0.3 is 20.4 Å². The van der Waals surface area contributed by atoms with E-state index in [0.717, 1.165) is 13.1 Å². The molecule has 6 nitrogen and oxygen atoms in total. The lowest BCUT2D eigenvalue weighted by atomic mass is 9.93. The number of anilines is 1. The minimum Gasteiger partial charge on any atom is -0.478 e. The van der Waals surface area contributed by atoms with E-state index in [1.807, 2.05) is 0 Å². The van der Waals surface area contributed by atoms with Crippen molar-refractivity contribution in [1.29, 1.82) is 0 Å². The molecule has 0 spiro atoms. The number of nitrogens with zero attached hydrogens (tertiary/aromatic N) is 1. The standard InChI is InChI=1S/C14H20N2.C4H4O4/c1-16-8-2-3-13-9-11-4-6-15-7-5-12(11)10-14(13)16;5-3(6)1-2-4(7)8/h9-10,15H,2-8H2,1H3;1-2H,(H,5,6)(H,7,8)/b;2-1+. The molecule has 0 aromatic heterocycles. The zero-order valence-electron chi connectivity index (χ0n) is 13.9. The third-order valence-electron chi connectivity index (χ3n) is 4.26. The fourth-order valence-corrected chi connectivity index (χ4v) is 3.09. The maximum atomic E-state index is 9.55. The summed E-state index contributed by atoms with van der Waals surface area (Å²) in [6, 6.07) is 4.91. The summed E-state index contributed by atoms with van der Waals surface area (Å²) >= 11 is 0. The lowest BCUT2D eigenvalue weighted by Crippen LogP contribution is -2.25. The maximum absolute atomic E-state index is 9.55. The Morgan fingerprint density at radius 1 is 1.00 bits per heavy atom. The van der Waals surface area contributed by atoms with E-state index in [1.165, 1.54) is 37.9 Å². The summed E-state index contributed by atoms with van der Waals surface area (Å²) in [4.78, 5) is 21.5. The van der Waals surface area contributed by atoms with Crippen LogP contribution in [0.15, 0.2) is 24.3 Å². The molecule has 1 aromatic rings. The molecule has 2 heterocycles. The van der Waals surface area contributed by atoms with E-state index in [4.69, 9.17) is 10.2 Å². The van der Waals surface area contributed by atoms with Crippen molar-refractivity contribution >= 4 is 17.6 Å². The number of aryl methyl sites for hydroxylation is 1. The van der Waals surface area contributed by atoms with Crippen LogP contribution in [0, 0.1) is 0 Å². The normalized spacial score (nSPS) is 16.5. The number of carbonyl (C=O) groups is 2. The average molecular weight is 332 g/mol. The Morgan fingerprint density at radius 2 is 1.58 bits per heavy atom. The first-order valence-electron chi connectivity index (χ1n) is 8.18. The van der Waals surface area contributed by atoms with Gasteiger partial charge in [0.25, 0.3) is 0 Å². The predicted octanol–water partition coefficient (Wildman–Crippen LogP) is 1.47. The number of fused-ring (bicyclic) bond motifs is 2. The number of benzene rings is 1. The Morgan fingerprint density at radius 3 is 2.17 bits per heavy atom. The molecule has 0 radical (unpaired) electrons. The van der Waals surface area contributed by atoms with Crippen molar-refractivity contribution in [2.45, 2.75) is 25.7 Å². The summed E-state index contributed by atoms with van der Waals surface area (Å²) in [5.41, 5.74) is 6.19. The number of nitrogens with one attached hydrogen (secondary N) is 1. The Balaban J connectivity index is 0.000000224. The third kappa shape index (κ3) is 5.09. The van der Waals surface area contributed by atoms with Crippen LogP contribution in [-0.4, -0.2) is 48.8 Å². The summed E-state index contributed by atoms with van der Waals surface area (Å²) in [5.74, 6) is -2.51. The molecule has 6 heteroatoms. The Hall–Kier alpha value is -2.34. The van der Waals surface area contributed by atoms with Crippen LogP contribution in [-0.2, 0) is 28.9 Å². The Bertz CT molecular complexity index is 624. The molecule has 2 aliphatic rings. The molecule has 130 valence electrons. The number of hydrogen-bond donors (Lipinski definition) is 3. The van der Waals surface area contributed by atoms with Crippen LogP contribution in [0.3, 0.4) is 0 Å². The van der Waals surface area contributed by atoms with E-state index in [2.05, 4.69) is 29.4 Å². The average Bonchev–Trinajstić information content (AvgIpc) is 2.77. The van der Waals surface area contributed by atoms with Gasteiger partial charge in [-0.3, -0.25) is 0 Å². The van der Waals surface area contributed by atoms with E-state index in [1.54, 1.807) is 16.7 Å². The zero-order chi connectivity index (χ0) is 17.5. The molecular weight excluding hydrogens is 308 g/mol. The number of carboxylic acid groups (broad SMARTS) is 2. The van der Waals surface area contributed by atoms with E-state index >= 15 is 0 Å². The first-order chi connectivity index (χ1) is 11.5. The molecule has 0 amide bonds. The van der Waals surface area contributed by atoms with Crippen molar-refractivity contribution in [3.8, 4) is 0 Å². The van der Waals surface area contributed by atoms with E-state index in [0.29, 0.717) is 12.2 Å². The summed E-state index contributed by atoms with van der Waals surface area (Å²) < 4.78 is 0. The minimum absolute atomic E-state index is 0.558. The van der Waals surface area contributed by atoms with Gasteiger partial charge in [0.05, 0.1) is 0 Å². The summed E-state index contributed by atoms with van der Waals surface area (Å²) in [5, 5.41) is 19.1. The number of hydrogen-bond acceptors (Lipinski definition) is 4. The monoisotopic (exact) mass is 332 g/mol. The lowest BCUT2D eigenvalue weighted by Gasteiger charge is -2.29. The second kappa shape index (κ2) is 8.49. The molecule has 3 N–H and O–H groups in total. The van der Waals surface area contributed by atoms with E-state index in [-0.39, 0.29) is 0 Å². The largest absolute Gasteiger partial charge is 0.478 e. The predicted molar refractivity (Wildman–Crippen MR) is 92.7 cm³/mol. The van der Waals surface area contributed by atoms with Crippen molar-refractivity contribution in [2.75, 3.05) is 31.6 Å². The van der Waals surface area contributed by atoms with Gasteiger partial charge in [0, 0.05) is 31.4 Å². The second-order valence-corrected chi connectivity index (χ2v) is 6.03. The highest BCUT2D eigenvalue weighted by atomic mass is 16.4. The Kier molecular flexibility index (Phi) is 6.37. The number of carboxylic acids is 2. The fraction of sp³-hybridized carbons (Fsp3) is 0.444. The van der Waals surface area contributed by atoms with Crippen molar-refractivity contribution < 1.29 is 19.8 Å². The van der Waals surface area contributed by atoms with E-state index in [9.17, 15) is 9.59 Å². The zero-order valence-corrected chi connectivity index (χ0v) is 13.9. The topological polar surface area (TPSA) is 89.9 Å². The summed E-state index contributed by atoms with van der Waals surface area (Å²) in [6.45, 7) is 3.49. The van der Waals surface area contributed by atoms with Gasteiger partial charge in [-0.2, -0.15) is 0 Å². The molecule has 0 atom stereocenters. The number of rotatable bonds is 2. The van der Waals surface area contributed by atoms with Crippen LogP contribution in [0.1, 0.15) is 23.1 Å². The molecule has 0 saturated heterocycles. The highest BCUT2D eigenvalue weighted by molar-refractivity contribution is 5.89. The minimum atomic E-state index is -1.26.